The summed E-state index contributed by atoms with van der Waals surface area (Å²) in [5, 5.41) is 63.5. The van der Waals surface area contributed by atoms with Gasteiger partial charge in [0, 0.05) is 0 Å². The normalized spacial score (nSPS) is 41.9. The third-order valence-corrected chi connectivity index (χ3v) is 12.8. The average Bonchev–Trinajstić information content (AvgIpc) is 2.69. The summed E-state index contributed by atoms with van der Waals surface area (Å²) in [6.45, 7) is 1.45. The number of carbonyl (C=O) groups excluding carboxylic acids is 2. The van der Waals surface area contributed by atoms with Gasteiger partial charge in [-0.15, -0.1) is 0 Å². The molecule has 12 nitrogen and oxygen atoms in total. The first-order chi connectivity index (χ1) is 14.1. The van der Waals surface area contributed by atoms with Gasteiger partial charge < -0.3 is 0 Å². The quantitative estimate of drug-likeness (QED) is 0.138. The van der Waals surface area contributed by atoms with Crippen LogP contribution in [0.1, 0.15) is 13.8 Å². The Balaban J connectivity index is 2.16. The minimum absolute atomic E-state index is 0.436. The van der Waals surface area contributed by atoms with Gasteiger partial charge in [0.1, 0.15) is 0 Å². The van der Waals surface area contributed by atoms with Crippen LogP contribution in [0.15, 0.2) is 0 Å². The summed E-state index contributed by atoms with van der Waals surface area (Å²) in [4.78, 5) is 23.1. The number of rotatable bonds is 7. The van der Waals surface area contributed by atoms with Crippen molar-refractivity contribution in [2.45, 2.75) is 72.6 Å². The van der Waals surface area contributed by atoms with Crippen LogP contribution in [0, 0.1) is 0 Å². The van der Waals surface area contributed by atoms with Crippen LogP contribution < -0.4 is 10.6 Å². The van der Waals surface area contributed by atoms with Crippen molar-refractivity contribution in [3.05, 3.63) is 0 Å². The maximum atomic E-state index is 11.5. The molecule has 14 heteroatoms. The Morgan fingerprint density at radius 1 is 0.733 bits per heavy atom. The van der Waals surface area contributed by atoms with Crippen molar-refractivity contribution >= 4 is 38.1 Å². The molecule has 0 aromatic carbocycles. The van der Waals surface area contributed by atoms with Crippen LogP contribution in [0.4, 0.5) is 0 Å². The molecule has 0 aromatic rings. The van der Waals surface area contributed by atoms with Crippen LogP contribution >= 0.6 is 0 Å². The van der Waals surface area contributed by atoms with E-state index in [0.717, 1.165) is 0 Å². The number of hydrogen-bond acceptors (Lipinski definition) is 10. The SMILES string of the molecule is CC(=O)N[C@@H]1[C@@H](O)[C@@H](O)[C@@H](CO)O[C@H]1[Se][Se][C@@H]1O[C@H](CO)[C@H](O)[C@H](O)[C@H]1NC(C)=O. The molecule has 2 rings (SSSR count). The van der Waals surface area contributed by atoms with Gasteiger partial charge in [0.15, 0.2) is 0 Å². The Morgan fingerprint density at radius 2 is 1.07 bits per heavy atom. The average molecular weight is 566 g/mol. The summed E-state index contributed by atoms with van der Waals surface area (Å²) < 4.78 is 11.4. The van der Waals surface area contributed by atoms with Crippen LogP contribution in [0.2, 0.25) is 0 Å². The molecule has 30 heavy (non-hydrogen) atoms. The van der Waals surface area contributed by atoms with Gasteiger partial charge in [-0.25, -0.2) is 0 Å². The molecule has 0 aromatic heterocycles. The molecule has 174 valence electrons. The Hall–Kier alpha value is -0.341. The van der Waals surface area contributed by atoms with Gasteiger partial charge in [0.25, 0.3) is 0 Å². The van der Waals surface area contributed by atoms with E-state index in [-0.39, 0.29) is 0 Å². The topological polar surface area (TPSA) is 198 Å². The molecule has 0 bridgehead atoms. The molecule has 0 unspecified atom stereocenters. The van der Waals surface area contributed by atoms with Crippen molar-refractivity contribution in [1.29, 1.82) is 0 Å². The number of ether oxygens (including phenoxy) is 2. The standard InChI is InChI=1S/C16H28N2O10Se2/c1-5(21)17-9-13(25)11(23)7(3-19)27-15(9)29-30-16-10(18-6(2)22)14(26)12(24)8(4-20)28-16/h7-16,19-20,23-26H,3-4H2,1-2H3,(H,17,21)(H,18,22)/t7-,8-,9-,10-,11+,12+,13-,14-,15+,16+/m1/s1. The fraction of sp³-hybridized carbons (Fsp3) is 0.875. The van der Waals surface area contributed by atoms with E-state index in [1.54, 1.807) is 0 Å². The first kappa shape index (κ1) is 25.9. The van der Waals surface area contributed by atoms with Crippen LogP contribution in [0.5, 0.6) is 0 Å². The zero-order chi connectivity index (χ0) is 22.6. The van der Waals surface area contributed by atoms with Gasteiger partial charge in [-0.2, -0.15) is 0 Å². The second kappa shape index (κ2) is 11.5. The first-order valence-electron chi connectivity index (χ1n) is 9.21. The molecular weight excluding hydrogens is 538 g/mol. The van der Waals surface area contributed by atoms with Gasteiger partial charge in [-0.3, -0.25) is 0 Å². The van der Waals surface area contributed by atoms with Gasteiger partial charge in [0.05, 0.1) is 0 Å². The zero-order valence-electron chi connectivity index (χ0n) is 16.3. The summed E-state index contributed by atoms with van der Waals surface area (Å²) in [6.07, 6.45) is -7.58. The summed E-state index contributed by atoms with van der Waals surface area (Å²) in [5.41, 5.74) is 0. The van der Waals surface area contributed by atoms with Crippen molar-refractivity contribution in [3.63, 3.8) is 0 Å². The molecule has 2 amide bonds. The third kappa shape index (κ3) is 6.12. The number of aliphatic hydroxyl groups excluding tert-OH is 6. The molecular formula is C16H28N2O10Se2. The van der Waals surface area contributed by atoms with Gasteiger partial charge in [0.2, 0.25) is 0 Å². The molecule has 2 saturated heterocycles. The molecule has 2 fully saturated rings. The van der Waals surface area contributed by atoms with E-state index in [1.807, 2.05) is 0 Å². The number of aliphatic hydroxyl groups is 6. The number of amides is 2. The van der Waals surface area contributed by atoms with Gasteiger partial charge >= 0.3 is 184 Å². The van der Waals surface area contributed by atoms with Crippen molar-refractivity contribution < 1.29 is 49.7 Å². The molecule has 8 N–H and O–H groups in total. The first-order valence-corrected chi connectivity index (χ1v) is 15.5. The van der Waals surface area contributed by atoms with Gasteiger partial charge in [-0.05, 0) is 0 Å². The van der Waals surface area contributed by atoms with E-state index < -0.39 is 110 Å². The maximum absolute atomic E-state index is 11.5. The van der Waals surface area contributed by atoms with E-state index in [0.29, 0.717) is 0 Å². The molecule has 0 radical (unpaired) electrons. The fourth-order valence-corrected chi connectivity index (χ4v) is 11.9. The predicted molar refractivity (Wildman–Crippen MR) is 102 cm³/mol. The summed E-state index contributed by atoms with van der Waals surface area (Å²) >= 11 is -0.948. The molecule has 2 aliphatic rings. The number of nitrogens with one attached hydrogen (secondary N) is 2. The Bertz CT molecular complexity index is 552. The Labute approximate surface area is 184 Å². The molecule has 2 aliphatic heterocycles. The molecule has 0 spiro atoms. The van der Waals surface area contributed by atoms with Gasteiger partial charge in [-0.1, -0.05) is 0 Å². The van der Waals surface area contributed by atoms with Crippen molar-refractivity contribution in [2.24, 2.45) is 0 Å². The van der Waals surface area contributed by atoms with Crippen LogP contribution in [-0.4, -0.2) is 141 Å². The van der Waals surface area contributed by atoms with Crippen molar-refractivity contribution in [2.75, 3.05) is 13.2 Å². The van der Waals surface area contributed by atoms with E-state index in [2.05, 4.69) is 10.6 Å². The second-order valence-corrected chi connectivity index (χ2v) is 14.0. The summed E-state index contributed by atoms with van der Waals surface area (Å²) in [5.74, 6) is -0.871. The predicted octanol–water partition coefficient (Wildman–Crippen LogP) is -5.80. The Kier molecular flexibility index (Phi) is 9.94. The molecule has 2 heterocycles. The fourth-order valence-electron chi connectivity index (χ4n) is 3.21. The summed E-state index contributed by atoms with van der Waals surface area (Å²) in [6, 6.07) is -1.84. The van der Waals surface area contributed by atoms with E-state index in [1.165, 1.54) is 13.8 Å². The third-order valence-electron chi connectivity index (χ3n) is 4.75. The summed E-state index contributed by atoms with van der Waals surface area (Å²) in [7, 11) is 0. The van der Waals surface area contributed by atoms with E-state index >= 15 is 0 Å². The molecule has 0 aliphatic carbocycles. The van der Waals surface area contributed by atoms with Crippen molar-refractivity contribution in [1.82, 2.24) is 10.6 Å². The second-order valence-electron chi connectivity index (χ2n) is 7.06. The van der Waals surface area contributed by atoms with Crippen LogP contribution in [0.3, 0.4) is 0 Å². The van der Waals surface area contributed by atoms with E-state index in [9.17, 15) is 40.2 Å². The minimum atomic E-state index is -1.39. The van der Waals surface area contributed by atoms with Crippen LogP contribution in [0.25, 0.3) is 0 Å². The zero-order valence-corrected chi connectivity index (χ0v) is 19.7. The van der Waals surface area contributed by atoms with Crippen LogP contribution in [-0.2, 0) is 19.1 Å². The van der Waals surface area contributed by atoms with E-state index in [4.69, 9.17) is 9.47 Å². The number of carbonyl (C=O) groups is 2. The monoisotopic (exact) mass is 568 g/mol. The molecule has 0 saturated carbocycles. The number of hydrogen-bond donors (Lipinski definition) is 8. The van der Waals surface area contributed by atoms with Crippen molar-refractivity contribution in [3.8, 4) is 0 Å². The molecule has 10 atom stereocenters. The Morgan fingerprint density at radius 3 is 1.33 bits per heavy atom.